The minimum Gasteiger partial charge on any atom is -0.383 e. The highest BCUT2D eigenvalue weighted by molar-refractivity contribution is 5.81. The van der Waals surface area contributed by atoms with Crippen LogP contribution in [0, 0.1) is 0 Å². The zero-order valence-corrected chi connectivity index (χ0v) is 14.9. The predicted molar refractivity (Wildman–Crippen MR) is 90.3 cm³/mol. The highest BCUT2D eigenvalue weighted by atomic mass is 16.5. The summed E-state index contributed by atoms with van der Waals surface area (Å²) in [4.78, 5) is 14.7. The molecule has 134 valence electrons. The molecule has 2 rings (SSSR count). The Morgan fingerprint density at radius 3 is 2.65 bits per heavy atom. The minimum absolute atomic E-state index is 0.0434. The third-order valence-electron chi connectivity index (χ3n) is 5.16. The molecular formula is C17H33N3O3. The van der Waals surface area contributed by atoms with E-state index in [-0.39, 0.29) is 23.7 Å². The number of carbonyl (C=O) groups is 1. The second kappa shape index (κ2) is 7.92. The molecule has 0 aromatic rings. The van der Waals surface area contributed by atoms with Gasteiger partial charge in [0.2, 0.25) is 5.91 Å². The SMILES string of the molecule is COCC(N)C(=O)NCC1(N2CCOC(C)(C)C2)CCCCC1. The molecule has 1 aliphatic heterocycles. The molecule has 6 nitrogen and oxygen atoms in total. The zero-order chi connectivity index (χ0) is 16.9. The van der Waals surface area contributed by atoms with Gasteiger partial charge in [-0.3, -0.25) is 9.69 Å². The molecule has 1 unspecified atom stereocenters. The topological polar surface area (TPSA) is 76.8 Å². The van der Waals surface area contributed by atoms with Gasteiger partial charge in [-0.1, -0.05) is 19.3 Å². The maximum atomic E-state index is 12.2. The Morgan fingerprint density at radius 2 is 2.04 bits per heavy atom. The van der Waals surface area contributed by atoms with Crippen LogP contribution in [0.15, 0.2) is 0 Å². The first-order valence-electron chi connectivity index (χ1n) is 8.80. The summed E-state index contributed by atoms with van der Waals surface area (Å²) >= 11 is 0. The molecule has 0 aromatic carbocycles. The molecule has 1 aliphatic carbocycles. The number of rotatable bonds is 6. The van der Waals surface area contributed by atoms with E-state index in [9.17, 15) is 4.79 Å². The number of morpholine rings is 1. The van der Waals surface area contributed by atoms with Crippen LogP contribution in [-0.2, 0) is 14.3 Å². The van der Waals surface area contributed by atoms with Crippen LogP contribution in [0.3, 0.4) is 0 Å². The first-order chi connectivity index (χ1) is 10.9. The molecule has 0 radical (unpaired) electrons. The number of nitrogens with zero attached hydrogens (tertiary/aromatic N) is 1. The molecule has 1 atom stereocenters. The number of nitrogens with one attached hydrogen (secondary N) is 1. The normalized spacial score (nSPS) is 25.7. The molecule has 0 bridgehead atoms. The van der Waals surface area contributed by atoms with Crippen LogP contribution in [0.4, 0.5) is 0 Å². The number of methoxy groups -OCH3 is 1. The van der Waals surface area contributed by atoms with Crippen LogP contribution < -0.4 is 11.1 Å². The van der Waals surface area contributed by atoms with Crippen LogP contribution in [0.25, 0.3) is 0 Å². The molecule has 1 saturated heterocycles. The molecule has 1 saturated carbocycles. The van der Waals surface area contributed by atoms with Gasteiger partial charge in [-0.2, -0.15) is 0 Å². The van der Waals surface area contributed by atoms with Crippen LogP contribution in [-0.4, -0.2) is 67.9 Å². The Morgan fingerprint density at radius 1 is 1.35 bits per heavy atom. The van der Waals surface area contributed by atoms with Gasteiger partial charge in [0.25, 0.3) is 0 Å². The fourth-order valence-electron chi connectivity index (χ4n) is 3.87. The maximum Gasteiger partial charge on any atom is 0.239 e. The molecular weight excluding hydrogens is 294 g/mol. The second-order valence-corrected chi connectivity index (χ2v) is 7.59. The monoisotopic (exact) mass is 327 g/mol. The van der Waals surface area contributed by atoms with Gasteiger partial charge in [0.1, 0.15) is 6.04 Å². The van der Waals surface area contributed by atoms with Gasteiger partial charge in [-0.15, -0.1) is 0 Å². The number of nitrogens with two attached hydrogens (primary N) is 1. The van der Waals surface area contributed by atoms with Crippen molar-refractivity contribution in [3.05, 3.63) is 0 Å². The number of carbonyl (C=O) groups excluding carboxylic acids is 1. The summed E-state index contributed by atoms with van der Waals surface area (Å²) < 4.78 is 10.8. The maximum absolute atomic E-state index is 12.2. The van der Waals surface area contributed by atoms with E-state index in [1.54, 1.807) is 7.11 Å². The van der Waals surface area contributed by atoms with Crippen LogP contribution >= 0.6 is 0 Å². The van der Waals surface area contributed by atoms with Gasteiger partial charge in [-0.05, 0) is 26.7 Å². The molecule has 3 N–H and O–H groups in total. The van der Waals surface area contributed by atoms with Crippen molar-refractivity contribution in [2.75, 3.05) is 40.0 Å². The van der Waals surface area contributed by atoms with E-state index in [1.807, 2.05) is 0 Å². The van der Waals surface area contributed by atoms with Crippen molar-refractivity contribution in [1.29, 1.82) is 0 Å². The van der Waals surface area contributed by atoms with E-state index in [4.69, 9.17) is 15.2 Å². The zero-order valence-electron chi connectivity index (χ0n) is 14.9. The molecule has 0 aromatic heterocycles. The lowest BCUT2D eigenvalue weighted by molar-refractivity contribution is -0.130. The quantitative estimate of drug-likeness (QED) is 0.758. The molecule has 6 heteroatoms. The molecule has 0 spiro atoms. The van der Waals surface area contributed by atoms with Gasteiger partial charge in [0.15, 0.2) is 0 Å². The molecule has 23 heavy (non-hydrogen) atoms. The van der Waals surface area contributed by atoms with Gasteiger partial charge in [0, 0.05) is 32.3 Å². The van der Waals surface area contributed by atoms with Crippen molar-refractivity contribution in [3.8, 4) is 0 Å². The van der Waals surface area contributed by atoms with Crippen molar-refractivity contribution < 1.29 is 14.3 Å². The van der Waals surface area contributed by atoms with Gasteiger partial charge in [-0.25, -0.2) is 0 Å². The van der Waals surface area contributed by atoms with E-state index < -0.39 is 6.04 Å². The summed E-state index contributed by atoms with van der Waals surface area (Å²) in [6.45, 7) is 7.80. The van der Waals surface area contributed by atoms with Crippen molar-refractivity contribution in [2.45, 2.75) is 63.1 Å². The number of hydrogen-bond acceptors (Lipinski definition) is 5. The lowest BCUT2D eigenvalue weighted by Crippen LogP contribution is -2.63. The summed E-state index contributed by atoms with van der Waals surface area (Å²) in [6.07, 6.45) is 5.98. The lowest BCUT2D eigenvalue weighted by atomic mass is 9.79. The third-order valence-corrected chi connectivity index (χ3v) is 5.16. The highest BCUT2D eigenvalue weighted by Crippen LogP contribution is 2.36. The minimum atomic E-state index is -0.596. The van der Waals surface area contributed by atoms with Crippen molar-refractivity contribution in [2.24, 2.45) is 5.73 Å². The highest BCUT2D eigenvalue weighted by Gasteiger charge is 2.42. The Balaban J connectivity index is 2.02. The average molecular weight is 327 g/mol. The van der Waals surface area contributed by atoms with E-state index in [1.165, 1.54) is 19.3 Å². The smallest absolute Gasteiger partial charge is 0.239 e. The van der Waals surface area contributed by atoms with Crippen molar-refractivity contribution in [1.82, 2.24) is 10.2 Å². The fourth-order valence-corrected chi connectivity index (χ4v) is 3.87. The first-order valence-corrected chi connectivity index (χ1v) is 8.80. The standard InChI is InChI=1S/C17H33N3O3/c1-16(2)13-20(9-10-23-16)17(7-5-4-6-8-17)12-19-15(21)14(18)11-22-3/h14H,4-13,18H2,1-3H3,(H,19,21). The molecule has 2 aliphatic rings. The van der Waals surface area contributed by atoms with Gasteiger partial charge in [0.05, 0.1) is 18.8 Å². The second-order valence-electron chi connectivity index (χ2n) is 7.59. The van der Waals surface area contributed by atoms with Crippen molar-refractivity contribution >= 4 is 5.91 Å². The summed E-state index contributed by atoms with van der Waals surface area (Å²) in [7, 11) is 1.56. The number of amides is 1. The number of hydrogen-bond donors (Lipinski definition) is 2. The molecule has 1 heterocycles. The van der Waals surface area contributed by atoms with Crippen LogP contribution in [0.2, 0.25) is 0 Å². The summed E-state index contributed by atoms with van der Waals surface area (Å²) in [5, 5.41) is 3.08. The van der Waals surface area contributed by atoms with Crippen molar-refractivity contribution in [3.63, 3.8) is 0 Å². The van der Waals surface area contributed by atoms with E-state index in [0.717, 1.165) is 32.5 Å². The Hall–Kier alpha value is -0.690. The third kappa shape index (κ3) is 4.89. The summed E-state index contributed by atoms with van der Waals surface area (Å²) in [5.41, 5.74) is 5.75. The van der Waals surface area contributed by atoms with E-state index >= 15 is 0 Å². The summed E-state index contributed by atoms with van der Waals surface area (Å²) in [6, 6.07) is -0.596. The molecule has 1 amide bonds. The summed E-state index contributed by atoms with van der Waals surface area (Å²) in [5.74, 6) is -0.121. The Labute approximate surface area is 140 Å². The van der Waals surface area contributed by atoms with Crippen LogP contribution in [0.5, 0.6) is 0 Å². The van der Waals surface area contributed by atoms with E-state index in [2.05, 4.69) is 24.1 Å². The Bertz CT molecular complexity index is 395. The van der Waals surface area contributed by atoms with Gasteiger partial charge >= 0.3 is 0 Å². The van der Waals surface area contributed by atoms with Crippen LogP contribution in [0.1, 0.15) is 46.0 Å². The predicted octanol–water partition coefficient (Wildman–Crippen LogP) is 0.890. The van der Waals surface area contributed by atoms with Gasteiger partial charge < -0.3 is 20.5 Å². The largest absolute Gasteiger partial charge is 0.383 e. The Kier molecular flexibility index (Phi) is 6.42. The average Bonchev–Trinajstić information content (AvgIpc) is 2.53. The number of ether oxygens (including phenoxy) is 2. The molecule has 2 fully saturated rings. The first kappa shape index (κ1) is 18.6. The fraction of sp³-hybridized carbons (Fsp3) is 0.941. The lowest BCUT2D eigenvalue weighted by Gasteiger charge is -2.51. The van der Waals surface area contributed by atoms with E-state index in [0.29, 0.717) is 6.54 Å².